The van der Waals surface area contributed by atoms with Gasteiger partial charge in [-0.15, -0.1) is 21.5 Å². The molecule has 3 rings (SSSR count). The summed E-state index contributed by atoms with van der Waals surface area (Å²) in [6.45, 7) is 0. The highest BCUT2D eigenvalue weighted by Gasteiger charge is 2.13. The molecule has 0 saturated carbocycles. The minimum atomic E-state index is 0.121. The van der Waals surface area contributed by atoms with Crippen LogP contribution in [0.3, 0.4) is 0 Å². The molecule has 21 heavy (non-hydrogen) atoms. The van der Waals surface area contributed by atoms with E-state index < -0.39 is 0 Å². The highest BCUT2D eigenvalue weighted by atomic mass is 32.2. The lowest BCUT2D eigenvalue weighted by molar-refractivity contribution is 0.793. The Hall–Kier alpha value is -2.20. The lowest BCUT2D eigenvalue weighted by atomic mass is 10.4. The van der Waals surface area contributed by atoms with Crippen LogP contribution in [0, 0.1) is 0 Å². The van der Waals surface area contributed by atoms with Crippen molar-refractivity contribution in [3.63, 3.8) is 0 Å². The van der Waals surface area contributed by atoms with Crippen LogP contribution < -0.4 is 11.5 Å². The molecule has 3 aromatic rings. The number of aromatic nitrogens is 6. The Balaban J connectivity index is 1.77. The van der Waals surface area contributed by atoms with Crippen molar-refractivity contribution in [2.75, 3.05) is 11.5 Å². The van der Waals surface area contributed by atoms with Crippen molar-refractivity contribution in [2.24, 2.45) is 7.05 Å². The van der Waals surface area contributed by atoms with Gasteiger partial charge in [0.1, 0.15) is 5.82 Å². The second kappa shape index (κ2) is 5.66. The third-order valence-corrected chi connectivity index (χ3v) is 4.51. The van der Waals surface area contributed by atoms with E-state index in [1.165, 1.54) is 11.8 Å². The largest absolute Gasteiger partial charge is 0.368 e. The molecular formula is C11H12N8S2. The Labute approximate surface area is 128 Å². The fourth-order valence-electron chi connectivity index (χ4n) is 1.71. The van der Waals surface area contributed by atoms with E-state index in [0.29, 0.717) is 11.6 Å². The highest BCUT2D eigenvalue weighted by molar-refractivity contribution is 7.98. The van der Waals surface area contributed by atoms with Crippen LogP contribution in [0.15, 0.2) is 22.7 Å². The molecule has 0 aromatic carbocycles. The van der Waals surface area contributed by atoms with Gasteiger partial charge in [0.05, 0.1) is 10.6 Å². The zero-order chi connectivity index (χ0) is 14.8. The maximum atomic E-state index is 5.54. The summed E-state index contributed by atoms with van der Waals surface area (Å²) < 4.78 is 1.93. The third-order valence-electron chi connectivity index (χ3n) is 2.62. The van der Waals surface area contributed by atoms with Crippen molar-refractivity contribution in [3.05, 3.63) is 23.3 Å². The maximum Gasteiger partial charge on any atom is 0.225 e. The smallest absolute Gasteiger partial charge is 0.225 e. The second-order valence-electron chi connectivity index (χ2n) is 4.10. The average Bonchev–Trinajstić information content (AvgIpc) is 3.05. The number of nitrogens with zero attached hydrogens (tertiary/aromatic N) is 6. The van der Waals surface area contributed by atoms with Crippen LogP contribution in [-0.4, -0.2) is 29.7 Å². The summed E-state index contributed by atoms with van der Waals surface area (Å²) in [5.74, 6) is 2.09. The van der Waals surface area contributed by atoms with Gasteiger partial charge >= 0.3 is 0 Å². The van der Waals surface area contributed by atoms with Gasteiger partial charge in [0.2, 0.25) is 11.9 Å². The number of rotatable bonds is 4. The van der Waals surface area contributed by atoms with E-state index >= 15 is 0 Å². The molecule has 0 aliphatic rings. The van der Waals surface area contributed by atoms with Gasteiger partial charge in [-0.05, 0) is 11.4 Å². The Morgan fingerprint density at radius 3 is 2.62 bits per heavy atom. The first-order valence-corrected chi connectivity index (χ1v) is 7.82. The molecule has 8 nitrogen and oxygen atoms in total. The lowest BCUT2D eigenvalue weighted by Gasteiger charge is -2.03. The zero-order valence-corrected chi connectivity index (χ0v) is 12.7. The first kappa shape index (κ1) is 13.8. The number of anilines is 2. The van der Waals surface area contributed by atoms with Crippen molar-refractivity contribution >= 4 is 35.0 Å². The van der Waals surface area contributed by atoms with Crippen LogP contribution in [0.4, 0.5) is 11.9 Å². The molecule has 0 bridgehead atoms. The Kier molecular flexibility index (Phi) is 3.71. The number of thiophene rings is 1. The van der Waals surface area contributed by atoms with Gasteiger partial charge in [0.25, 0.3) is 0 Å². The summed E-state index contributed by atoms with van der Waals surface area (Å²) in [6, 6.07) is 3.99. The van der Waals surface area contributed by atoms with E-state index in [1.807, 2.05) is 29.1 Å². The van der Waals surface area contributed by atoms with Gasteiger partial charge in [-0.3, -0.25) is 0 Å². The van der Waals surface area contributed by atoms with E-state index in [2.05, 4.69) is 25.1 Å². The molecule has 10 heteroatoms. The van der Waals surface area contributed by atoms with Gasteiger partial charge < -0.3 is 16.0 Å². The van der Waals surface area contributed by atoms with Gasteiger partial charge in [-0.25, -0.2) is 0 Å². The third kappa shape index (κ3) is 2.95. The molecule has 0 aliphatic heterocycles. The summed E-state index contributed by atoms with van der Waals surface area (Å²) in [7, 11) is 1.92. The molecular weight excluding hydrogens is 308 g/mol. The van der Waals surface area contributed by atoms with Crippen LogP contribution in [0.25, 0.3) is 10.7 Å². The van der Waals surface area contributed by atoms with Gasteiger partial charge in [0, 0.05) is 7.05 Å². The van der Waals surface area contributed by atoms with Crippen molar-refractivity contribution in [1.29, 1.82) is 0 Å². The summed E-state index contributed by atoms with van der Waals surface area (Å²) in [5, 5.41) is 11.2. The summed E-state index contributed by atoms with van der Waals surface area (Å²) in [5.41, 5.74) is 11.1. The van der Waals surface area contributed by atoms with Gasteiger partial charge in [-0.1, -0.05) is 17.8 Å². The Bertz CT molecular complexity index is 731. The standard InChI is InChI=1S/C11H12N8S2/c1-19-8(6-3-2-4-20-6)17-18-11(19)21-5-7-14-9(12)16-10(13)15-7/h2-4H,5H2,1H3,(H4,12,13,14,15,16). The van der Waals surface area contributed by atoms with Crippen molar-refractivity contribution < 1.29 is 0 Å². The van der Waals surface area contributed by atoms with Crippen LogP contribution in [0.5, 0.6) is 0 Å². The minimum Gasteiger partial charge on any atom is -0.368 e. The molecule has 0 unspecified atom stereocenters. The molecule has 0 radical (unpaired) electrons. The number of hydrogen-bond donors (Lipinski definition) is 2. The fourth-order valence-corrected chi connectivity index (χ4v) is 3.22. The zero-order valence-electron chi connectivity index (χ0n) is 11.1. The molecule has 108 valence electrons. The molecule has 4 N–H and O–H groups in total. The minimum absolute atomic E-state index is 0.121. The lowest BCUT2D eigenvalue weighted by Crippen LogP contribution is -2.06. The fraction of sp³-hybridized carbons (Fsp3) is 0.182. The van der Waals surface area contributed by atoms with Crippen LogP contribution in [-0.2, 0) is 12.8 Å². The summed E-state index contributed by atoms with van der Waals surface area (Å²) in [6.07, 6.45) is 0. The molecule has 0 spiro atoms. The van der Waals surface area contributed by atoms with Crippen molar-refractivity contribution in [2.45, 2.75) is 10.9 Å². The average molecular weight is 320 g/mol. The Morgan fingerprint density at radius 2 is 1.95 bits per heavy atom. The van der Waals surface area contributed by atoms with E-state index in [0.717, 1.165) is 15.9 Å². The first-order chi connectivity index (χ1) is 10.1. The molecule has 3 aromatic heterocycles. The van der Waals surface area contributed by atoms with Gasteiger partial charge in [-0.2, -0.15) is 15.0 Å². The first-order valence-electron chi connectivity index (χ1n) is 5.95. The van der Waals surface area contributed by atoms with Crippen LogP contribution in [0.2, 0.25) is 0 Å². The van der Waals surface area contributed by atoms with E-state index in [4.69, 9.17) is 11.5 Å². The number of hydrogen-bond acceptors (Lipinski definition) is 9. The summed E-state index contributed by atoms with van der Waals surface area (Å²) in [4.78, 5) is 12.9. The van der Waals surface area contributed by atoms with Gasteiger partial charge in [0.15, 0.2) is 11.0 Å². The SMILES string of the molecule is Cn1c(SCc2nc(N)nc(N)n2)nnc1-c1cccs1. The quantitative estimate of drug-likeness (QED) is 0.687. The predicted molar refractivity (Wildman–Crippen MR) is 82.5 cm³/mol. The number of thioether (sulfide) groups is 1. The van der Waals surface area contributed by atoms with Crippen molar-refractivity contribution in [3.8, 4) is 10.7 Å². The predicted octanol–water partition coefficient (Wildman–Crippen LogP) is 1.19. The normalized spacial score (nSPS) is 10.9. The number of nitrogens with two attached hydrogens (primary N) is 2. The molecule has 0 saturated heterocycles. The van der Waals surface area contributed by atoms with Crippen LogP contribution >= 0.6 is 23.1 Å². The highest BCUT2D eigenvalue weighted by Crippen LogP contribution is 2.27. The molecule has 0 amide bonds. The second-order valence-corrected chi connectivity index (χ2v) is 5.99. The molecule has 0 atom stereocenters. The monoisotopic (exact) mass is 320 g/mol. The van der Waals surface area contributed by atoms with E-state index in [1.54, 1.807) is 11.3 Å². The van der Waals surface area contributed by atoms with E-state index in [-0.39, 0.29) is 11.9 Å². The van der Waals surface area contributed by atoms with E-state index in [9.17, 15) is 0 Å². The van der Waals surface area contributed by atoms with Crippen molar-refractivity contribution in [1.82, 2.24) is 29.7 Å². The topological polar surface area (TPSA) is 121 Å². The van der Waals surface area contributed by atoms with Crippen LogP contribution in [0.1, 0.15) is 5.82 Å². The molecule has 3 heterocycles. The molecule has 0 fully saturated rings. The molecule has 0 aliphatic carbocycles. The maximum absolute atomic E-state index is 5.54. The number of nitrogen functional groups attached to an aromatic ring is 2. The summed E-state index contributed by atoms with van der Waals surface area (Å²) >= 11 is 3.09. The Morgan fingerprint density at radius 1 is 1.19 bits per heavy atom.